The van der Waals surface area contributed by atoms with Gasteiger partial charge in [-0.3, -0.25) is 4.98 Å². The molecule has 112 valence electrons. The number of nitrogens with zero attached hydrogens (tertiary/aromatic N) is 2. The van der Waals surface area contributed by atoms with E-state index in [0.717, 1.165) is 16.9 Å². The molecule has 0 unspecified atom stereocenters. The summed E-state index contributed by atoms with van der Waals surface area (Å²) in [7, 11) is -3.70. The Kier molecular flexibility index (Phi) is 4.71. The summed E-state index contributed by atoms with van der Waals surface area (Å²) in [6, 6.07) is 4.68. The van der Waals surface area contributed by atoms with Gasteiger partial charge >= 0.3 is 5.97 Å². The molecular formula is C13H14N2O4S2. The number of carbonyl (C=O) groups is 1. The van der Waals surface area contributed by atoms with E-state index >= 15 is 0 Å². The minimum Gasteiger partial charge on any atom is -0.477 e. The van der Waals surface area contributed by atoms with Gasteiger partial charge < -0.3 is 5.11 Å². The van der Waals surface area contributed by atoms with Crippen molar-refractivity contribution in [1.82, 2.24) is 9.29 Å². The minimum absolute atomic E-state index is 0.00791. The second-order valence-corrected chi connectivity index (χ2v) is 7.09. The average Bonchev–Trinajstić information content (AvgIpc) is 2.96. The molecule has 0 radical (unpaired) electrons. The van der Waals surface area contributed by atoms with Crippen LogP contribution in [-0.2, 0) is 16.6 Å². The molecule has 0 bridgehead atoms. The van der Waals surface area contributed by atoms with Crippen LogP contribution < -0.4 is 0 Å². The van der Waals surface area contributed by atoms with Gasteiger partial charge in [-0.15, -0.1) is 11.3 Å². The van der Waals surface area contributed by atoms with Crippen molar-refractivity contribution in [2.24, 2.45) is 0 Å². The first-order chi connectivity index (χ1) is 9.95. The molecule has 0 spiro atoms. The number of pyridine rings is 1. The highest BCUT2D eigenvalue weighted by Gasteiger charge is 2.25. The Labute approximate surface area is 126 Å². The van der Waals surface area contributed by atoms with Crippen LogP contribution in [0.15, 0.2) is 40.9 Å². The predicted molar refractivity (Wildman–Crippen MR) is 78.8 cm³/mol. The highest BCUT2D eigenvalue weighted by molar-refractivity contribution is 7.89. The van der Waals surface area contributed by atoms with Crippen LogP contribution >= 0.6 is 11.3 Å². The summed E-state index contributed by atoms with van der Waals surface area (Å²) in [5.74, 6) is -1.13. The molecule has 2 rings (SSSR count). The molecule has 0 saturated heterocycles. The number of carboxylic acids is 1. The van der Waals surface area contributed by atoms with E-state index in [1.165, 1.54) is 15.8 Å². The van der Waals surface area contributed by atoms with Crippen LogP contribution in [0, 0.1) is 0 Å². The SMILES string of the molecule is CCN(Cc1ccncc1)S(=O)(=O)c1csc(C(=O)O)c1. The molecule has 2 heterocycles. The standard InChI is InChI=1S/C13H14N2O4S2/c1-2-15(8-10-3-5-14-6-4-10)21(18,19)11-7-12(13(16)17)20-9-11/h3-7,9H,2,8H2,1H3,(H,16,17). The molecule has 2 aromatic rings. The third-order valence-electron chi connectivity index (χ3n) is 2.88. The highest BCUT2D eigenvalue weighted by atomic mass is 32.2. The van der Waals surface area contributed by atoms with E-state index in [4.69, 9.17) is 5.11 Å². The lowest BCUT2D eigenvalue weighted by atomic mass is 10.3. The number of hydrogen-bond acceptors (Lipinski definition) is 5. The Bertz CT molecular complexity index is 726. The highest BCUT2D eigenvalue weighted by Crippen LogP contribution is 2.23. The molecule has 0 saturated carbocycles. The molecule has 6 nitrogen and oxygen atoms in total. The number of hydrogen-bond donors (Lipinski definition) is 1. The lowest BCUT2D eigenvalue weighted by Gasteiger charge is -2.19. The monoisotopic (exact) mass is 326 g/mol. The maximum absolute atomic E-state index is 12.5. The molecule has 2 aromatic heterocycles. The maximum atomic E-state index is 12.5. The van der Waals surface area contributed by atoms with Crippen LogP contribution in [0.3, 0.4) is 0 Å². The van der Waals surface area contributed by atoms with Gasteiger partial charge in [0, 0.05) is 30.9 Å². The first-order valence-electron chi connectivity index (χ1n) is 6.16. The third kappa shape index (κ3) is 3.46. The van der Waals surface area contributed by atoms with Gasteiger partial charge in [-0.05, 0) is 23.8 Å². The van der Waals surface area contributed by atoms with E-state index in [1.807, 2.05) is 0 Å². The first kappa shape index (κ1) is 15.6. The number of carboxylic acid groups (broad SMARTS) is 1. The Morgan fingerprint density at radius 1 is 1.38 bits per heavy atom. The van der Waals surface area contributed by atoms with Crippen molar-refractivity contribution >= 4 is 27.3 Å². The zero-order valence-electron chi connectivity index (χ0n) is 11.3. The molecule has 0 aliphatic heterocycles. The molecule has 0 atom stereocenters. The molecule has 0 fully saturated rings. The smallest absolute Gasteiger partial charge is 0.345 e. The Morgan fingerprint density at radius 3 is 2.57 bits per heavy atom. The van der Waals surface area contributed by atoms with Crippen molar-refractivity contribution in [1.29, 1.82) is 0 Å². The molecular weight excluding hydrogens is 312 g/mol. The molecule has 0 aliphatic carbocycles. The second-order valence-electron chi connectivity index (χ2n) is 4.24. The van der Waals surface area contributed by atoms with Crippen molar-refractivity contribution in [2.45, 2.75) is 18.4 Å². The van der Waals surface area contributed by atoms with Gasteiger partial charge in [0.2, 0.25) is 10.0 Å². The van der Waals surface area contributed by atoms with Gasteiger partial charge in [0.15, 0.2) is 0 Å². The fraction of sp³-hybridized carbons (Fsp3) is 0.231. The Hall–Kier alpha value is -1.77. The Balaban J connectivity index is 2.28. The Morgan fingerprint density at radius 2 is 2.05 bits per heavy atom. The molecule has 8 heteroatoms. The van der Waals surface area contributed by atoms with Crippen molar-refractivity contribution in [3.63, 3.8) is 0 Å². The number of aromatic carboxylic acids is 1. The molecule has 0 aliphatic rings. The normalized spacial score (nSPS) is 11.7. The van der Waals surface area contributed by atoms with E-state index in [0.29, 0.717) is 6.54 Å². The topological polar surface area (TPSA) is 87.6 Å². The number of sulfonamides is 1. The quantitative estimate of drug-likeness (QED) is 0.878. The van der Waals surface area contributed by atoms with Gasteiger partial charge in [-0.2, -0.15) is 4.31 Å². The summed E-state index contributed by atoms with van der Waals surface area (Å²) in [4.78, 5) is 14.8. The number of rotatable bonds is 6. The second kappa shape index (κ2) is 6.33. The van der Waals surface area contributed by atoms with E-state index in [1.54, 1.807) is 31.5 Å². The van der Waals surface area contributed by atoms with E-state index in [-0.39, 0.29) is 16.3 Å². The lowest BCUT2D eigenvalue weighted by Crippen LogP contribution is -2.30. The molecule has 21 heavy (non-hydrogen) atoms. The van der Waals surface area contributed by atoms with Crippen LogP contribution in [0.2, 0.25) is 0 Å². The number of aromatic nitrogens is 1. The third-order valence-corrected chi connectivity index (χ3v) is 5.85. The fourth-order valence-electron chi connectivity index (χ4n) is 1.77. The van der Waals surface area contributed by atoms with E-state index in [9.17, 15) is 13.2 Å². The fourth-order valence-corrected chi connectivity index (χ4v) is 4.31. The van der Waals surface area contributed by atoms with Crippen molar-refractivity contribution in [3.8, 4) is 0 Å². The largest absolute Gasteiger partial charge is 0.477 e. The van der Waals surface area contributed by atoms with Gasteiger partial charge in [0.05, 0.1) is 4.90 Å². The van der Waals surface area contributed by atoms with E-state index in [2.05, 4.69) is 4.98 Å². The van der Waals surface area contributed by atoms with Gasteiger partial charge in [0.1, 0.15) is 4.88 Å². The van der Waals surface area contributed by atoms with Crippen molar-refractivity contribution < 1.29 is 18.3 Å². The predicted octanol–water partition coefficient (Wildman–Crippen LogP) is 2.05. The van der Waals surface area contributed by atoms with Crippen LogP contribution in [0.4, 0.5) is 0 Å². The summed E-state index contributed by atoms with van der Waals surface area (Å²) in [5, 5.41) is 10.2. The maximum Gasteiger partial charge on any atom is 0.345 e. The van der Waals surface area contributed by atoms with Crippen LogP contribution in [0.25, 0.3) is 0 Å². The van der Waals surface area contributed by atoms with Gasteiger partial charge in [-0.1, -0.05) is 6.92 Å². The first-order valence-corrected chi connectivity index (χ1v) is 8.48. The van der Waals surface area contributed by atoms with Crippen LogP contribution in [-0.4, -0.2) is 35.3 Å². The molecule has 0 aromatic carbocycles. The zero-order valence-corrected chi connectivity index (χ0v) is 12.9. The number of thiophene rings is 1. The summed E-state index contributed by atoms with van der Waals surface area (Å²) < 4.78 is 26.4. The minimum atomic E-state index is -3.70. The molecule has 1 N–H and O–H groups in total. The van der Waals surface area contributed by atoms with Gasteiger partial charge in [0.25, 0.3) is 0 Å². The summed E-state index contributed by atoms with van der Waals surface area (Å²) in [6.45, 7) is 2.26. The zero-order chi connectivity index (χ0) is 15.5. The van der Waals surface area contributed by atoms with Crippen molar-refractivity contribution in [2.75, 3.05) is 6.54 Å². The van der Waals surface area contributed by atoms with Gasteiger partial charge in [-0.25, -0.2) is 13.2 Å². The summed E-state index contributed by atoms with van der Waals surface area (Å²) >= 11 is 0.903. The average molecular weight is 326 g/mol. The van der Waals surface area contributed by atoms with Crippen LogP contribution in [0.5, 0.6) is 0 Å². The van der Waals surface area contributed by atoms with Crippen molar-refractivity contribution in [3.05, 3.63) is 46.4 Å². The van der Waals surface area contributed by atoms with Crippen LogP contribution in [0.1, 0.15) is 22.2 Å². The van der Waals surface area contributed by atoms with E-state index < -0.39 is 16.0 Å². The summed E-state index contributed by atoms with van der Waals surface area (Å²) in [6.07, 6.45) is 3.20. The lowest BCUT2D eigenvalue weighted by molar-refractivity contribution is 0.0702. The summed E-state index contributed by atoms with van der Waals surface area (Å²) in [5.41, 5.74) is 0.823. The molecule has 0 amide bonds.